The maximum atomic E-state index is 13.0. The van der Waals surface area contributed by atoms with Crippen LogP contribution in [0.3, 0.4) is 0 Å². The van der Waals surface area contributed by atoms with Gasteiger partial charge in [-0.05, 0) is 47.4 Å². The lowest BCUT2D eigenvalue weighted by Gasteiger charge is -2.25. The van der Waals surface area contributed by atoms with Crippen molar-refractivity contribution >= 4 is 23.0 Å². The molecule has 1 aliphatic heterocycles. The number of nitrogens with zero attached hydrogens (tertiary/aromatic N) is 4. The number of hydrogen-bond acceptors (Lipinski definition) is 7. The standard InChI is InChI=1S/C21H21F2N5O3S/c22-19(23)17(29)11-15(13-5-2-1-3-6-13)16-12-31-21(30)28(16)10-4-7-14-8-9-18(32-14)20-24-26-27-25-20/h1-3,5-6,8-9,11,16-17,19,29H,4,7,10,12H2,(H,24,25,26,27). The third-order valence-electron chi connectivity index (χ3n) is 5.10. The summed E-state index contributed by atoms with van der Waals surface area (Å²) < 4.78 is 31.3. The highest BCUT2D eigenvalue weighted by Gasteiger charge is 2.36. The third-order valence-corrected chi connectivity index (χ3v) is 6.24. The van der Waals surface area contributed by atoms with Crippen LogP contribution in [0.15, 0.2) is 48.5 Å². The van der Waals surface area contributed by atoms with Crippen molar-refractivity contribution < 1.29 is 23.4 Å². The minimum absolute atomic E-state index is 0.0382. The number of benzene rings is 1. The Kier molecular flexibility index (Phi) is 6.86. The molecule has 2 N–H and O–H groups in total. The monoisotopic (exact) mass is 461 g/mol. The maximum Gasteiger partial charge on any atom is 0.410 e. The molecular weight excluding hydrogens is 440 g/mol. The van der Waals surface area contributed by atoms with Crippen molar-refractivity contribution in [2.75, 3.05) is 13.2 Å². The molecule has 0 aliphatic carbocycles. The molecule has 11 heteroatoms. The quantitative estimate of drug-likeness (QED) is 0.506. The number of carbonyl (C=O) groups excluding carboxylic acids is 1. The number of thiophene rings is 1. The molecule has 168 valence electrons. The predicted octanol–water partition coefficient (Wildman–Crippen LogP) is 3.39. The third kappa shape index (κ3) is 5.00. The number of alkyl halides is 2. The number of cyclic esters (lactones) is 1. The number of H-pyrrole nitrogens is 1. The molecule has 1 aliphatic rings. The molecule has 8 nitrogen and oxygen atoms in total. The van der Waals surface area contributed by atoms with Crippen molar-refractivity contribution in [2.45, 2.75) is 31.4 Å². The largest absolute Gasteiger partial charge is 0.447 e. The highest BCUT2D eigenvalue weighted by Crippen LogP contribution is 2.30. The Morgan fingerprint density at radius 3 is 2.84 bits per heavy atom. The zero-order chi connectivity index (χ0) is 22.5. The lowest BCUT2D eigenvalue weighted by Crippen LogP contribution is -2.36. The molecule has 2 unspecified atom stereocenters. The number of aromatic nitrogens is 4. The van der Waals surface area contributed by atoms with Gasteiger partial charge in [0.15, 0.2) is 0 Å². The molecule has 3 heterocycles. The molecule has 1 amide bonds. The van der Waals surface area contributed by atoms with Gasteiger partial charge in [0.2, 0.25) is 5.82 Å². The predicted molar refractivity (Wildman–Crippen MR) is 114 cm³/mol. The number of rotatable bonds is 9. The van der Waals surface area contributed by atoms with Gasteiger partial charge in [0.1, 0.15) is 12.7 Å². The second-order valence-electron chi connectivity index (χ2n) is 7.20. The lowest BCUT2D eigenvalue weighted by molar-refractivity contribution is 0.0242. The molecule has 0 radical (unpaired) electrons. The summed E-state index contributed by atoms with van der Waals surface area (Å²) >= 11 is 1.54. The molecule has 32 heavy (non-hydrogen) atoms. The fourth-order valence-electron chi connectivity index (χ4n) is 3.56. The fraction of sp³-hybridized carbons (Fsp3) is 0.333. The lowest BCUT2D eigenvalue weighted by atomic mass is 9.96. The van der Waals surface area contributed by atoms with E-state index in [1.807, 2.05) is 18.2 Å². The van der Waals surface area contributed by atoms with Crippen molar-refractivity contribution in [3.63, 3.8) is 0 Å². The van der Waals surface area contributed by atoms with E-state index in [-0.39, 0.29) is 6.61 Å². The van der Waals surface area contributed by atoms with Crippen molar-refractivity contribution in [2.24, 2.45) is 0 Å². The van der Waals surface area contributed by atoms with Crippen molar-refractivity contribution in [3.05, 3.63) is 59.0 Å². The summed E-state index contributed by atoms with van der Waals surface area (Å²) in [6.07, 6.45) is -2.87. The van der Waals surface area contributed by atoms with Gasteiger partial charge in [0.05, 0.1) is 10.9 Å². The molecule has 1 saturated heterocycles. The van der Waals surface area contributed by atoms with Crippen LogP contribution in [0, 0.1) is 0 Å². The maximum absolute atomic E-state index is 13.0. The summed E-state index contributed by atoms with van der Waals surface area (Å²) in [7, 11) is 0. The van der Waals surface area contributed by atoms with E-state index in [0.717, 1.165) is 15.8 Å². The Hall–Kier alpha value is -3.18. The van der Waals surface area contributed by atoms with Crippen LogP contribution >= 0.6 is 11.3 Å². The van der Waals surface area contributed by atoms with Gasteiger partial charge in [-0.3, -0.25) is 4.90 Å². The number of aliphatic hydroxyl groups excluding tert-OH is 1. The van der Waals surface area contributed by atoms with Crippen LogP contribution in [0.25, 0.3) is 16.3 Å². The average molecular weight is 461 g/mol. The van der Waals surface area contributed by atoms with E-state index in [2.05, 4.69) is 20.6 Å². The zero-order valence-electron chi connectivity index (χ0n) is 16.9. The van der Waals surface area contributed by atoms with Crippen molar-refractivity contribution in [1.29, 1.82) is 0 Å². The second kappa shape index (κ2) is 9.96. The molecule has 2 aromatic heterocycles. The van der Waals surface area contributed by atoms with Crippen LogP contribution in [0.2, 0.25) is 0 Å². The van der Waals surface area contributed by atoms with Gasteiger partial charge in [0, 0.05) is 11.4 Å². The van der Waals surface area contributed by atoms with E-state index < -0.39 is 24.7 Å². The highest BCUT2D eigenvalue weighted by molar-refractivity contribution is 7.15. The highest BCUT2D eigenvalue weighted by atomic mass is 32.1. The topological polar surface area (TPSA) is 104 Å². The van der Waals surface area contributed by atoms with Crippen molar-refractivity contribution in [3.8, 4) is 10.7 Å². The molecule has 1 aromatic carbocycles. The van der Waals surface area contributed by atoms with E-state index in [1.54, 1.807) is 35.6 Å². The first-order chi connectivity index (χ1) is 15.5. The summed E-state index contributed by atoms with van der Waals surface area (Å²) in [5.74, 6) is 0.527. The zero-order valence-corrected chi connectivity index (χ0v) is 17.7. The first-order valence-corrected chi connectivity index (χ1v) is 10.8. The first-order valence-electron chi connectivity index (χ1n) is 10.0. The van der Waals surface area contributed by atoms with E-state index >= 15 is 0 Å². The summed E-state index contributed by atoms with van der Waals surface area (Å²) in [6.45, 7) is 0.421. The number of nitrogens with one attached hydrogen (secondary N) is 1. The number of aryl methyl sites for hydroxylation is 1. The molecular formula is C21H21F2N5O3S. The number of aliphatic hydroxyl groups is 1. The Bertz CT molecular complexity index is 1060. The molecule has 1 fully saturated rings. The number of halogens is 2. The first kappa shape index (κ1) is 22.0. The fourth-order valence-corrected chi connectivity index (χ4v) is 4.54. The number of carbonyl (C=O) groups is 1. The molecule has 4 rings (SSSR count). The number of aromatic amines is 1. The van der Waals surface area contributed by atoms with E-state index in [1.165, 1.54) is 4.90 Å². The SMILES string of the molecule is O=C1OCC(C(=CC(O)C(F)F)c2ccccc2)N1CCCc1ccc(-c2nn[nH]n2)s1. The Balaban J connectivity index is 1.47. The molecule has 0 saturated carbocycles. The van der Waals surface area contributed by atoms with E-state index in [9.17, 15) is 18.7 Å². The molecule has 0 bridgehead atoms. The number of amides is 1. The van der Waals surface area contributed by atoms with Crippen LogP contribution in [0.5, 0.6) is 0 Å². The summed E-state index contributed by atoms with van der Waals surface area (Å²) in [6, 6.07) is 12.2. The van der Waals surface area contributed by atoms with Gasteiger partial charge in [-0.15, -0.1) is 21.5 Å². The van der Waals surface area contributed by atoms with Gasteiger partial charge >= 0.3 is 6.09 Å². The van der Waals surface area contributed by atoms with Gasteiger partial charge < -0.3 is 9.84 Å². The normalized spacial score (nSPS) is 17.8. The second-order valence-corrected chi connectivity index (χ2v) is 8.37. The summed E-state index contributed by atoms with van der Waals surface area (Å²) in [5, 5.41) is 23.7. The Morgan fingerprint density at radius 2 is 2.12 bits per heavy atom. The van der Waals surface area contributed by atoms with Crippen LogP contribution < -0.4 is 0 Å². The number of hydrogen-bond donors (Lipinski definition) is 2. The van der Waals surface area contributed by atoms with Gasteiger partial charge in [-0.2, -0.15) is 5.21 Å². The number of tetrazole rings is 1. The van der Waals surface area contributed by atoms with Crippen molar-refractivity contribution in [1.82, 2.24) is 25.5 Å². The van der Waals surface area contributed by atoms with Crippen LogP contribution in [0.1, 0.15) is 16.9 Å². The summed E-state index contributed by atoms with van der Waals surface area (Å²) in [4.78, 5) is 15.9. The van der Waals surface area contributed by atoms with Crippen LogP contribution in [0.4, 0.5) is 13.6 Å². The van der Waals surface area contributed by atoms with Crippen LogP contribution in [-0.2, 0) is 11.2 Å². The smallest absolute Gasteiger partial charge is 0.410 e. The van der Waals surface area contributed by atoms with Crippen LogP contribution in [-0.4, -0.2) is 68.4 Å². The van der Waals surface area contributed by atoms with Gasteiger partial charge in [-0.1, -0.05) is 30.3 Å². The molecule has 2 atom stereocenters. The van der Waals surface area contributed by atoms with Gasteiger partial charge in [0.25, 0.3) is 6.43 Å². The van der Waals surface area contributed by atoms with E-state index in [0.29, 0.717) is 36.3 Å². The average Bonchev–Trinajstić information content (AvgIpc) is 3.55. The molecule has 3 aromatic rings. The van der Waals surface area contributed by atoms with Gasteiger partial charge in [-0.25, -0.2) is 13.6 Å². The number of ether oxygens (including phenoxy) is 1. The Morgan fingerprint density at radius 1 is 1.31 bits per heavy atom. The Labute approximate surface area is 186 Å². The van der Waals surface area contributed by atoms with E-state index in [4.69, 9.17) is 4.74 Å². The summed E-state index contributed by atoms with van der Waals surface area (Å²) in [5.41, 5.74) is 1.10. The minimum atomic E-state index is -2.92. The minimum Gasteiger partial charge on any atom is -0.447 e. The molecule has 0 spiro atoms.